The molecule has 0 aliphatic heterocycles. The predicted octanol–water partition coefficient (Wildman–Crippen LogP) is 2.24. The number of amides is 1. The normalized spacial score (nSPS) is 12.1. The highest BCUT2D eigenvalue weighted by atomic mass is 32.2. The van der Waals surface area contributed by atoms with E-state index in [9.17, 15) is 19.5 Å². The van der Waals surface area contributed by atoms with Crippen LogP contribution in [0.2, 0.25) is 0 Å². The van der Waals surface area contributed by atoms with Crippen molar-refractivity contribution in [3.05, 3.63) is 42.1 Å². The molecule has 1 atom stereocenters. The molecule has 1 heterocycles. The molecule has 2 aromatic rings. The fourth-order valence-corrected chi connectivity index (χ4v) is 3.54. The Morgan fingerprint density at radius 2 is 2.00 bits per heavy atom. The standard InChI is InChI=1S/C19H20N2O6S/c1-3-27-12-4-5-14-13(9-12)16(8-11(2)20-14)28-10-15(19(25)26)21-17(22)6-7-18(23)24/h4-9,15H,3,10H2,1-2H3,(H,21,22)(H,23,24)(H,25,26). The van der Waals surface area contributed by atoms with Gasteiger partial charge in [0.25, 0.3) is 0 Å². The molecule has 28 heavy (non-hydrogen) atoms. The maximum Gasteiger partial charge on any atom is 0.328 e. The van der Waals surface area contributed by atoms with Gasteiger partial charge in [0.1, 0.15) is 11.8 Å². The third-order valence-corrected chi connectivity index (χ3v) is 4.73. The predicted molar refractivity (Wildman–Crippen MR) is 105 cm³/mol. The highest BCUT2D eigenvalue weighted by Gasteiger charge is 2.20. The van der Waals surface area contributed by atoms with Gasteiger partial charge in [0.15, 0.2) is 0 Å². The second kappa shape index (κ2) is 9.75. The van der Waals surface area contributed by atoms with Crippen LogP contribution in [0.5, 0.6) is 5.75 Å². The van der Waals surface area contributed by atoms with Crippen LogP contribution in [0, 0.1) is 6.92 Å². The van der Waals surface area contributed by atoms with E-state index in [0.29, 0.717) is 18.4 Å². The number of carbonyl (C=O) groups is 3. The smallest absolute Gasteiger partial charge is 0.328 e. The molecule has 0 aliphatic carbocycles. The Bertz CT molecular complexity index is 928. The lowest BCUT2D eigenvalue weighted by Gasteiger charge is -2.14. The number of rotatable bonds is 9. The van der Waals surface area contributed by atoms with Crippen LogP contribution in [-0.2, 0) is 14.4 Å². The van der Waals surface area contributed by atoms with E-state index < -0.39 is 23.9 Å². The Kier molecular flexibility index (Phi) is 7.39. The number of aryl methyl sites for hydroxylation is 1. The van der Waals surface area contributed by atoms with Gasteiger partial charge in [0.2, 0.25) is 5.91 Å². The lowest BCUT2D eigenvalue weighted by Crippen LogP contribution is -2.41. The lowest BCUT2D eigenvalue weighted by molar-refractivity contribution is -0.140. The first-order chi connectivity index (χ1) is 13.3. The van der Waals surface area contributed by atoms with Gasteiger partial charge in [-0.25, -0.2) is 9.59 Å². The summed E-state index contributed by atoms with van der Waals surface area (Å²) in [6, 6.07) is 6.16. The summed E-state index contributed by atoms with van der Waals surface area (Å²) < 4.78 is 5.52. The summed E-state index contributed by atoms with van der Waals surface area (Å²) >= 11 is 1.26. The van der Waals surface area contributed by atoms with Crippen LogP contribution in [-0.4, -0.2) is 51.4 Å². The molecule has 148 valence electrons. The molecule has 0 bridgehead atoms. The average molecular weight is 404 g/mol. The number of ether oxygens (including phenoxy) is 1. The van der Waals surface area contributed by atoms with E-state index in [-0.39, 0.29) is 5.75 Å². The fraction of sp³-hybridized carbons (Fsp3) is 0.263. The highest BCUT2D eigenvalue weighted by Crippen LogP contribution is 2.31. The average Bonchev–Trinajstić information content (AvgIpc) is 2.63. The molecule has 1 aromatic carbocycles. The Morgan fingerprint density at radius 1 is 1.25 bits per heavy atom. The highest BCUT2D eigenvalue weighted by molar-refractivity contribution is 7.99. The summed E-state index contributed by atoms with van der Waals surface area (Å²) in [5, 5.41) is 21.0. The minimum absolute atomic E-state index is 0.0550. The Morgan fingerprint density at radius 3 is 2.64 bits per heavy atom. The summed E-state index contributed by atoms with van der Waals surface area (Å²) in [5.74, 6) is -2.55. The quantitative estimate of drug-likeness (QED) is 0.429. The maximum absolute atomic E-state index is 11.7. The number of aromatic nitrogens is 1. The molecule has 1 aromatic heterocycles. The van der Waals surface area contributed by atoms with Crippen molar-refractivity contribution in [3.63, 3.8) is 0 Å². The van der Waals surface area contributed by atoms with Gasteiger partial charge in [-0.2, -0.15) is 0 Å². The molecule has 8 nitrogen and oxygen atoms in total. The third kappa shape index (κ3) is 5.98. The number of thioether (sulfide) groups is 1. The zero-order valence-electron chi connectivity index (χ0n) is 15.3. The van der Waals surface area contributed by atoms with Gasteiger partial charge in [-0.1, -0.05) is 0 Å². The molecule has 0 spiro atoms. The van der Waals surface area contributed by atoms with Crippen molar-refractivity contribution in [1.29, 1.82) is 0 Å². The van der Waals surface area contributed by atoms with E-state index >= 15 is 0 Å². The minimum Gasteiger partial charge on any atom is -0.494 e. The monoisotopic (exact) mass is 404 g/mol. The number of hydrogen-bond donors (Lipinski definition) is 3. The molecule has 0 saturated carbocycles. The van der Waals surface area contributed by atoms with E-state index in [1.807, 2.05) is 38.1 Å². The topological polar surface area (TPSA) is 126 Å². The van der Waals surface area contributed by atoms with E-state index in [1.165, 1.54) is 11.8 Å². The van der Waals surface area contributed by atoms with E-state index in [2.05, 4.69) is 10.3 Å². The summed E-state index contributed by atoms with van der Waals surface area (Å²) in [5.41, 5.74) is 1.53. The van der Waals surface area contributed by atoms with Gasteiger partial charge in [0, 0.05) is 33.9 Å². The molecule has 9 heteroatoms. The number of carboxylic acid groups (broad SMARTS) is 2. The fourth-order valence-electron chi connectivity index (χ4n) is 2.39. The zero-order valence-corrected chi connectivity index (χ0v) is 16.2. The minimum atomic E-state index is -1.29. The van der Waals surface area contributed by atoms with Crippen LogP contribution in [0.25, 0.3) is 10.9 Å². The van der Waals surface area contributed by atoms with Crippen molar-refractivity contribution in [2.45, 2.75) is 24.8 Å². The van der Waals surface area contributed by atoms with Gasteiger partial charge in [0.05, 0.1) is 12.1 Å². The first-order valence-corrected chi connectivity index (χ1v) is 9.40. The van der Waals surface area contributed by atoms with Crippen molar-refractivity contribution in [3.8, 4) is 5.75 Å². The second-order valence-electron chi connectivity index (χ2n) is 5.76. The third-order valence-electron chi connectivity index (χ3n) is 3.58. The van der Waals surface area contributed by atoms with E-state index in [1.54, 1.807) is 0 Å². The van der Waals surface area contributed by atoms with E-state index in [0.717, 1.165) is 27.6 Å². The zero-order chi connectivity index (χ0) is 20.7. The molecular weight excluding hydrogens is 384 g/mol. The Labute approximate surface area is 165 Å². The summed E-state index contributed by atoms with van der Waals surface area (Å²) in [6.45, 7) is 4.24. The first-order valence-electron chi connectivity index (χ1n) is 8.41. The largest absolute Gasteiger partial charge is 0.494 e. The number of fused-ring (bicyclic) bond motifs is 1. The SMILES string of the molecule is CCOc1ccc2nc(C)cc(SCC(NC(=O)C=CC(=O)O)C(=O)O)c2c1. The number of hydrogen-bond acceptors (Lipinski definition) is 6. The number of benzene rings is 1. The molecule has 1 unspecified atom stereocenters. The van der Waals surface area contributed by atoms with Gasteiger partial charge in [-0.3, -0.25) is 9.78 Å². The molecule has 0 radical (unpaired) electrons. The van der Waals surface area contributed by atoms with Crippen LogP contribution in [0.4, 0.5) is 0 Å². The number of nitrogens with one attached hydrogen (secondary N) is 1. The Balaban J connectivity index is 2.21. The van der Waals surface area contributed by atoms with Gasteiger partial charge >= 0.3 is 11.9 Å². The van der Waals surface area contributed by atoms with Gasteiger partial charge in [-0.15, -0.1) is 11.8 Å². The molecule has 3 N–H and O–H groups in total. The van der Waals surface area contributed by atoms with E-state index in [4.69, 9.17) is 9.84 Å². The van der Waals surface area contributed by atoms with Gasteiger partial charge in [-0.05, 0) is 38.1 Å². The van der Waals surface area contributed by atoms with Crippen LogP contribution >= 0.6 is 11.8 Å². The molecule has 0 aliphatic rings. The first kappa shape index (κ1) is 21.2. The summed E-state index contributed by atoms with van der Waals surface area (Å²) in [4.78, 5) is 38.9. The van der Waals surface area contributed by atoms with Crippen molar-refractivity contribution in [1.82, 2.24) is 10.3 Å². The van der Waals surface area contributed by atoms with Gasteiger partial charge < -0.3 is 20.3 Å². The molecular formula is C19H20N2O6S. The number of aliphatic carboxylic acids is 2. The van der Waals surface area contributed by atoms with Crippen LogP contribution in [0.3, 0.4) is 0 Å². The van der Waals surface area contributed by atoms with Crippen molar-refractivity contribution < 1.29 is 29.3 Å². The number of pyridine rings is 1. The van der Waals surface area contributed by atoms with Crippen molar-refractivity contribution in [2.75, 3.05) is 12.4 Å². The number of carboxylic acids is 2. The summed E-state index contributed by atoms with van der Waals surface area (Å²) in [6.07, 6.45) is 1.43. The van der Waals surface area contributed by atoms with Crippen LogP contribution < -0.4 is 10.1 Å². The van der Waals surface area contributed by atoms with Crippen LogP contribution in [0.15, 0.2) is 41.3 Å². The second-order valence-corrected chi connectivity index (χ2v) is 6.82. The number of nitrogens with zero attached hydrogens (tertiary/aromatic N) is 1. The van der Waals surface area contributed by atoms with Crippen molar-refractivity contribution >= 4 is 40.5 Å². The molecule has 0 saturated heterocycles. The molecule has 2 rings (SSSR count). The van der Waals surface area contributed by atoms with Crippen LogP contribution in [0.1, 0.15) is 12.6 Å². The summed E-state index contributed by atoms with van der Waals surface area (Å²) in [7, 11) is 0. The van der Waals surface area contributed by atoms with Crippen molar-refractivity contribution in [2.24, 2.45) is 0 Å². The molecule has 1 amide bonds. The molecule has 0 fully saturated rings. The maximum atomic E-state index is 11.7. The number of carbonyl (C=O) groups excluding carboxylic acids is 1. The Hall–Kier alpha value is -3.07. The lowest BCUT2D eigenvalue weighted by atomic mass is 10.2.